The lowest BCUT2D eigenvalue weighted by atomic mass is 9.97. The molecule has 4 rings (SSSR count). The first-order valence-corrected chi connectivity index (χ1v) is 9.49. The Labute approximate surface area is 163 Å². The number of H-pyrrole nitrogens is 1. The number of hydrogen-bond donors (Lipinski definition) is 2. The van der Waals surface area contributed by atoms with Crippen molar-refractivity contribution in [3.63, 3.8) is 0 Å². The molecule has 7 nitrogen and oxygen atoms in total. The summed E-state index contributed by atoms with van der Waals surface area (Å²) in [5.74, 6) is -0.594. The van der Waals surface area contributed by atoms with Crippen LogP contribution >= 0.6 is 0 Å². The molecule has 1 amide bonds. The van der Waals surface area contributed by atoms with E-state index >= 15 is 0 Å². The van der Waals surface area contributed by atoms with E-state index in [-0.39, 0.29) is 0 Å². The normalized spacial score (nSPS) is 15.6. The van der Waals surface area contributed by atoms with Gasteiger partial charge < -0.3 is 19.2 Å². The van der Waals surface area contributed by atoms with Gasteiger partial charge in [0.2, 0.25) is 11.7 Å². The van der Waals surface area contributed by atoms with E-state index in [2.05, 4.69) is 15.3 Å². The van der Waals surface area contributed by atoms with Gasteiger partial charge in [0, 0.05) is 11.1 Å². The van der Waals surface area contributed by atoms with Crippen LogP contribution in [0.1, 0.15) is 30.9 Å². The second kappa shape index (κ2) is 8.00. The molecule has 1 aliphatic rings. The number of hydrogen-bond acceptors (Lipinski definition) is 5. The molecule has 2 N–H and O–H groups in total. The maximum atomic E-state index is 11.8. The molecule has 0 saturated carbocycles. The largest absolute Gasteiger partial charge is 0.449 e. The number of nitrogens with zero attached hydrogens (tertiary/aromatic N) is 1. The molecule has 2 aromatic carbocycles. The number of imidazole rings is 1. The molecule has 1 fully saturated rings. The molecular formula is C21H23N3O4. The first-order chi connectivity index (χ1) is 13.7. The Kier molecular flexibility index (Phi) is 5.27. The van der Waals surface area contributed by atoms with E-state index in [4.69, 9.17) is 14.2 Å². The molecule has 1 aliphatic heterocycles. The maximum absolute atomic E-state index is 11.8. The minimum absolute atomic E-state index is 0.343. The first-order valence-electron chi connectivity index (χ1n) is 9.49. The Morgan fingerprint density at radius 3 is 2.71 bits per heavy atom. The predicted octanol–water partition coefficient (Wildman–Crippen LogP) is 4.16. The van der Waals surface area contributed by atoms with Crippen molar-refractivity contribution in [2.24, 2.45) is 0 Å². The highest BCUT2D eigenvalue weighted by Gasteiger charge is 2.40. The molecule has 0 bridgehead atoms. The van der Waals surface area contributed by atoms with Crippen molar-refractivity contribution in [2.75, 3.05) is 25.1 Å². The van der Waals surface area contributed by atoms with Gasteiger partial charge in [-0.1, -0.05) is 49.7 Å². The minimum atomic E-state index is -0.937. The van der Waals surface area contributed by atoms with Crippen molar-refractivity contribution in [3.8, 4) is 0 Å². The number of aromatic nitrogens is 2. The van der Waals surface area contributed by atoms with Gasteiger partial charge in [-0.15, -0.1) is 0 Å². The average molecular weight is 381 g/mol. The Hall–Kier alpha value is -2.90. The standard InChI is InChI=1S/C21H23N3O4/c1-2-3-11-26-20(25)24-19-22-17-10-9-16(14-18(17)23-19)21(27-12-13-28-21)15-7-5-4-6-8-15/h4-10,14H,2-3,11-13H2,1H3,(H2,22,23,24,25). The van der Waals surface area contributed by atoms with Crippen LogP contribution in [-0.2, 0) is 20.0 Å². The van der Waals surface area contributed by atoms with Gasteiger partial charge in [-0.3, -0.25) is 5.32 Å². The zero-order valence-electron chi connectivity index (χ0n) is 15.7. The van der Waals surface area contributed by atoms with Gasteiger partial charge in [0.15, 0.2) is 0 Å². The summed E-state index contributed by atoms with van der Waals surface area (Å²) in [6.45, 7) is 3.47. The van der Waals surface area contributed by atoms with E-state index in [1.54, 1.807) is 0 Å². The van der Waals surface area contributed by atoms with Crippen LogP contribution in [0.4, 0.5) is 10.7 Å². The van der Waals surface area contributed by atoms with Crippen molar-refractivity contribution in [3.05, 3.63) is 59.7 Å². The SMILES string of the molecule is CCCCOC(=O)Nc1nc2ccc(C3(c4ccccc4)OCCO3)cc2[nH]1. The summed E-state index contributed by atoms with van der Waals surface area (Å²) in [6.07, 6.45) is 1.28. The highest BCUT2D eigenvalue weighted by molar-refractivity contribution is 5.86. The van der Waals surface area contributed by atoms with Crippen molar-refractivity contribution >= 4 is 23.1 Å². The maximum Gasteiger partial charge on any atom is 0.413 e. The van der Waals surface area contributed by atoms with E-state index in [1.165, 1.54) is 0 Å². The van der Waals surface area contributed by atoms with E-state index in [0.717, 1.165) is 35.0 Å². The first kappa shape index (κ1) is 18.5. The number of amides is 1. The molecule has 28 heavy (non-hydrogen) atoms. The fourth-order valence-electron chi connectivity index (χ4n) is 3.29. The monoisotopic (exact) mass is 381 g/mol. The summed E-state index contributed by atoms with van der Waals surface area (Å²) in [4.78, 5) is 19.4. The molecule has 146 valence electrons. The Balaban J connectivity index is 1.60. The Morgan fingerprint density at radius 1 is 1.18 bits per heavy atom. The summed E-state index contributed by atoms with van der Waals surface area (Å²) < 4.78 is 17.2. The summed E-state index contributed by atoms with van der Waals surface area (Å²) in [7, 11) is 0. The van der Waals surface area contributed by atoms with Crippen LogP contribution in [0.25, 0.3) is 11.0 Å². The summed E-state index contributed by atoms with van der Waals surface area (Å²) >= 11 is 0. The van der Waals surface area contributed by atoms with Gasteiger partial charge in [0.25, 0.3) is 0 Å². The van der Waals surface area contributed by atoms with Crippen LogP contribution in [0.2, 0.25) is 0 Å². The van der Waals surface area contributed by atoms with Crippen LogP contribution in [0.3, 0.4) is 0 Å². The number of unbranched alkanes of at least 4 members (excludes halogenated alkanes) is 1. The van der Waals surface area contributed by atoms with Crippen molar-refractivity contribution in [1.82, 2.24) is 9.97 Å². The molecule has 0 unspecified atom stereocenters. The minimum Gasteiger partial charge on any atom is -0.449 e. The predicted molar refractivity (Wildman–Crippen MR) is 105 cm³/mol. The summed E-state index contributed by atoms with van der Waals surface area (Å²) in [6, 6.07) is 15.6. The molecular weight excluding hydrogens is 358 g/mol. The lowest BCUT2D eigenvalue weighted by Crippen LogP contribution is -2.28. The summed E-state index contributed by atoms with van der Waals surface area (Å²) in [5.41, 5.74) is 3.30. The van der Waals surface area contributed by atoms with Crippen molar-refractivity contribution in [2.45, 2.75) is 25.6 Å². The van der Waals surface area contributed by atoms with Gasteiger partial charge in [-0.2, -0.15) is 0 Å². The second-order valence-electron chi connectivity index (χ2n) is 6.61. The number of fused-ring (bicyclic) bond motifs is 1. The number of anilines is 1. The Morgan fingerprint density at radius 2 is 1.96 bits per heavy atom. The smallest absolute Gasteiger partial charge is 0.413 e. The number of rotatable bonds is 6. The fraction of sp³-hybridized carbons (Fsp3) is 0.333. The number of nitrogens with one attached hydrogen (secondary N) is 2. The lowest BCUT2D eigenvalue weighted by Gasteiger charge is -2.28. The number of ether oxygens (including phenoxy) is 3. The molecule has 1 saturated heterocycles. The fourth-order valence-corrected chi connectivity index (χ4v) is 3.29. The van der Waals surface area contributed by atoms with Crippen LogP contribution in [0.15, 0.2) is 48.5 Å². The van der Waals surface area contributed by atoms with E-state index in [9.17, 15) is 4.79 Å². The van der Waals surface area contributed by atoms with E-state index < -0.39 is 11.9 Å². The van der Waals surface area contributed by atoms with Crippen LogP contribution in [0.5, 0.6) is 0 Å². The molecule has 1 aromatic heterocycles. The van der Waals surface area contributed by atoms with Crippen LogP contribution < -0.4 is 5.32 Å². The van der Waals surface area contributed by atoms with Crippen LogP contribution in [0, 0.1) is 0 Å². The highest BCUT2D eigenvalue weighted by atomic mass is 16.7. The molecule has 3 aromatic rings. The third kappa shape index (κ3) is 3.58. The second-order valence-corrected chi connectivity index (χ2v) is 6.61. The van der Waals surface area contributed by atoms with Crippen LogP contribution in [-0.4, -0.2) is 35.9 Å². The number of carbonyl (C=O) groups is 1. The molecule has 2 heterocycles. The lowest BCUT2D eigenvalue weighted by molar-refractivity contribution is -0.129. The highest BCUT2D eigenvalue weighted by Crippen LogP contribution is 2.39. The third-order valence-electron chi connectivity index (χ3n) is 4.66. The molecule has 7 heteroatoms. The molecule has 0 radical (unpaired) electrons. The van der Waals surface area contributed by atoms with Crippen molar-refractivity contribution in [1.29, 1.82) is 0 Å². The zero-order valence-corrected chi connectivity index (χ0v) is 15.7. The van der Waals surface area contributed by atoms with Gasteiger partial charge in [0.05, 0.1) is 30.9 Å². The van der Waals surface area contributed by atoms with Crippen molar-refractivity contribution < 1.29 is 19.0 Å². The Bertz CT molecular complexity index is 949. The summed E-state index contributed by atoms with van der Waals surface area (Å²) in [5, 5.41) is 2.63. The molecule has 0 spiro atoms. The number of carbonyl (C=O) groups excluding carboxylic acids is 1. The van der Waals surface area contributed by atoms with Gasteiger partial charge in [0.1, 0.15) is 0 Å². The van der Waals surface area contributed by atoms with E-state index in [1.807, 2.05) is 55.5 Å². The van der Waals surface area contributed by atoms with E-state index in [0.29, 0.717) is 25.8 Å². The average Bonchev–Trinajstić information content (AvgIpc) is 3.35. The topological polar surface area (TPSA) is 85.5 Å². The zero-order chi connectivity index (χ0) is 19.4. The third-order valence-corrected chi connectivity index (χ3v) is 4.66. The van der Waals surface area contributed by atoms with Gasteiger partial charge in [-0.25, -0.2) is 9.78 Å². The number of aromatic amines is 1. The molecule has 0 aliphatic carbocycles. The molecule has 0 atom stereocenters. The van der Waals surface area contributed by atoms with Gasteiger partial charge >= 0.3 is 6.09 Å². The van der Waals surface area contributed by atoms with Gasteiger partial charge in [-0.05, 0) is 18.6 Å². The number of benzene rings is 2. The quantitative estimate of drug-likeness (QED) is 0.626.